The number of β-lactam (4-membered cyclic amide) rings is 1. The highest BCUT2D eigenvalue weighted by molar-refractivity contribution is 6.42. The van der Waals surface area contributed by atoms with E-state index in [-0.39, 0.29) is 11.9 Å². The molecule has 1 heterocycles. The highest BCUT2D eigenvalue weighted by atomic mass is 35.5. The van der Waals surface area contributed by atoms with Crippen molar-refractivity contribution in [2.75, 3.05) is 4.90 Å². The fourth-order valence-electron chi connectivity index (χ4n) is 2.74. The molecule has 2 aromatic carbocycles. The third-order valence-electron chi connectivity index (χ3n) is 4.05. The number of anilines is 1. The van der Waals surface area contributed by atoms with Gasteiger partial charge in [0.2, 0.25) is 5.91 Å². The lowest BCUT2D eigenvalue weighted by molar-refractivity contribution is -0.126. The molecular formula is C17H16Cl2N2O. The Labute approximate surface area is 139 Å². The first-order valence-corrected chi connectivity index (χ1v) is 7.91. The lowest BCUT2D eigenvalue weighted by atomic mass is 9.88. The molecule has 22 heavy (non-hydrogen) atoms. The molecule has 3 nitrogen and oxygen atoms in total. The second-order valence-electron chi connectivity index (χ2n) is 5.37. The molecule has 1 amide bonds. The molecule has 1 saturated heterocycles. The molecule has 2 N–H and O–H groups in total. The van der Waals surface area contributed by atoms with Crippen molar-refractivity contribution in [3.8, 4) is 0 Å². The van der Waals surface area contributed by atoms with Crippen LogP contribution in [0, 0.1) is 0 Å². The number of carbonyl (C=O) groups excluding carboxylic acids is 1. The van der Waals surface area contributed by atoms with Crippen LogP contribution >= 0.6 is 23.2 Å². The van der Waals surface area contributed by atoms with Crippen LogP contribution in [0.5, 0.6) is 0 Å². The van der Waals surface area contributed by atoms with Gasteiger partial charge in [0.25, 0.3) is 0 Å². The molecule has 0 bridgehead atoms. The summed E-state index contributed by atoms with van der Waals surface area (Å²) in [5.41, 5.74) is 9.01. The standard InChI is InChI=1S/C17H16Cl2N2O/c1-2-10-3-5-11(6-4-10)16-15(20)17(22)21(16)12-7-8-13(18)14(19)9-12/h3-9,15-16H,2,20H2,1H3/t15-,16+/m0/s1. The number of nitrogens with zero attached hydrogens (tertiary/aromatic N) is 1. The Kier molecular flexibility index (Phi) is 4.13. The summed E-state index contributed by atoms with van der Waals surface area (Å²) in [5.74, 6) is -0.108. The van der Waals surface area contributed by atoms with Crippen LogP contribution < -0.4 is 10.6 Å². The largest absolute Gasteiger partial charge is 0.318 e. The van der Waals surface area contributed by atoms with Crippen LogP contribution in [0.1, 0.15) is 24.1 Å². The quantitative estimate of drug-likeness (QED) is 0.863. The van der Waals surface area contributed by atoms with Gasteiger partial charge in [-0.05, 0) is 35.7 Å². The highest BCUT2D eigenvalue weighted by Crippen LogP contribution is 2.40. The Morgan fingerprint density at radius 3 is 2.36 bits per heavy atom. The summed E-state index contributed by atoms with van der Waals surface area (Å²) in [7, 11) is 0. The van der Waals surface area contributed by atoms with Crippen LogP contribution in [0.15, 0.2) is 42.5 Å². The van der Waals surface area contributed by atoms with Gasteiger partial charge in [-0.3, -0.25) is 4.79 Å². The van der Waals surface area contributed by atoms with Gasteiger partial charge in [0.15, 0.2) is 0 Å². The summed E-state index contributed by atoms with van der Waals surface area (Å²) in [4.78, 5) is 13.9. The average molecular weight is 335 g/mol. The normalized spacial score (nSPS) is 20.9. The molecule has 0 unspecified atom stereocenters. The minimum absolute atomic E-state index is 0.108. The van der Waals surface area contributed by atoms with Crippen molar-refractivity contribution in [3.05, 3.63) is 63.6 Å². The summed E-state index contributed by atoms with van der Waals surface area (Å²) in [6.45, 7) is 2.11. The summed E-state index contributed by atoms with van der Waals surface area (Å²) in [5, 5.41) is 0.888. The number of rotatable bonds is 3. The molecule has 0 aliphatic carbocycles. The van der Waals surface area contributed by atoms with E-state index in [1.54, 1.807) is 23.1 Å². The van der Waals surface area contributed by atoms with Crippen molar-refractivity contribution in [3.63, 3.8) is 0 Å². The third-order valence-corrected chi connectivity index (χ3v) is 4.79. The molecule has 5 heteroatoms. The molecule has 0 spiro atoms. The summed E-state index contributed by atoms with van der Waals surface area (Å²) < 4.78 is 0. The van der Waals surface area contributed by atoms with Crippen molar-refractivity contribution in [2.24, 2.45) is 5.73 Å². The van der Waals surface area contributed by atoms with E-state index in [1.165, 1.54) is 5.56 Å². The van der Waals surface area contributed by atoms with Crippen molar-refractivity contribution < 1.29 is 4.79 Å². The number of carbonyl (C=O) groups is 1. The fourth-order valence-corrected chi connectivity index (χ4v) is 3.03. The van der Waals surface area contributed by atoms with Crippen molar-refractivity contribution in [2.45, 2.75) is 25.4 Å². The van der Waals surface area contributed by atoms with Crippen molar-refractivity contribution in [1.29, 1.82) is 0 Å². The molecule has 2 atom stereocenters. The Morgan fingerprint density at radius 1 is 1.09 bits per heavy atom. The molecule has 0 saturated carbocycles. The van der Waals surface area contributed by atoms with E-state index >= 15 is 0 Å². The lowest BCUT2D eigenvalue weighted by Gasteiger charge is -2.45. The number of benzene rings is 2. The van der Waals surface area contributed by atoms with Gasteiger partial charge in [0.05, 0.1) is 16.1 Å². The van der Waals surface area contributed by atoms with E-state index < -0.39 is 6.04 Å². The first-order valence-electron chi connectivity index (χ1n) is 7.15. The highest BCUT2D eigenvalue weighted by Gasteiger charge is 2.46. The second-order valence-corrected chi connectivity index (χ2v) is 6.19. The third kappa shape index (κ3) is 2.50. The van der Waals surface area contributed by atoms with Crippen LogP contribution in [0.3, 0.4) is 0 Å². The maximum atomic E-state index is 12.2. The zero-order chi connectivity index (χ0) is 15.9. The van der Waals surface area contributed by atoms with Crippen LogP contribution in [0.2, 0.25) is 10.0 Å². The predicted molar refractivity (Wildman–Crippen MR) is 90.5 cm³/mol. The van der Waals surface area contributed by atoms with Gasteiger partial charge < -0.3 is 10.6 Å². The van der Waals surface area contributed by atoms with E-state index in [0.29, 0.717) is 15.7 Å². The van der Waals surface area contributed by atoms with Gasteiger partial charge in [-0.1, -0.05) is 54.4 Å². The zero-order valence-corrected chi connectivity index (χ0v) is 13.6. The van der Waals surface area contributed by atoms with E-state index in [1.807, 2.05) is 12.1 Å². The first kappa shape index (κ1) is 15.3. The molecule has 0 radical (unpaired) electrons. The Morgan fingerprint density at radius 2 is 1.77 bits per heavy atom. The van der Waals surface area contributed by atoms with Gasteiger partial charge in [-0.25, -0.2) is 0 Å². The monoisotopic (exact) mass is 334 g/mol. The topological polar surface area (TPSA) is 46.3 Å². The molecule has 0 aromatic heterocycles. The number of hydrogen-bond donors (Lipinski definition) is 1. The number of halogens is 2. The average Bonchev–Trinajstić information content (AvgIpc) is 2.54. The van der Waals surface area contributed by atoms with Gasteiger partial charge in [-0.15, -0.1) is 0 Å². The molecule has 114 valence electrons. The number of hydrogen-bond acceptors (Lipinski definition) is 2. The summed E-state index contributed by atoms with van der Waals surface area (Å²) >= 11 is 12.0. The molecule has 2 aromatic rings. The maximum absolute atomic E-state index is 12.2. The van der Waals surface area contributed by atoms with E-state index in [0.717, 1.165) is 12.0 Å². The Hall–Kier alpha value is -1.55. The van der Waals surface area contributed by atoms with Crippen molar-refractivity contribution in [1.82, 2.24) is 0 Å². The van der Waals surface area contributed by atoms with Crippen LogP contribution in [-0.4, -0.2) is 11.9 Å². The zero-order valence-electron chi connectivity index (χ0n) is 12.1. The second kappa shape index (κ2) is 5.92. The molecule has 1 fully saturated rings. The van der Waals surface area contributed by atoms with Crippen LogP contribution in [0.4, 0.5) is 5.69 Å². The van der Waals surface area contributed by atoms with Gasteiger partial charge >= 0.3 is 0 Å². The molecule has 3 rings (SSSR count). The van der Waals surface area contributed by atoms with E-state index in [9.17, 15) is 4.79 Å². The van der Waals surface area contributed by atoms with E-state index in [2.05, 4.69) is 19.1 Å². The minimum atomic E-state index is -0.526. The molecule has 1 aliphatic rings. The predicted octanol–water partition coefficient (Wildman–Crippen LogP) is 3.97. The van der Waals surface area contributed by atoms with Gasteiger partial charge in [0.1, 0.15) is 6.04 Å². The smallest absolute Gasteiger partial charge is 0.247 e. The van der Waals surface area contributed by atoms with Gasteiger partial charge in [-0.2, -0.15) is 0 Å². The minimum Gasteiger partial charge on any atom is -0.318 e. The van der Waals surface area contributed by atoms with Crippen LogP contribution in [-0.2, 0) is 11.2 Å². The maximum Gasteiger partial charge on any atom is 0.247 e. The van der Waals surface area contributed by atoms with E-state index in [4.69, 9.17) is 28.9 Å². The summed E-state index contributed by atoms with van der Waals surface area (Å²) in [6.07, 6.45) is 0.979. The fraction of sp³-hybridized carbons (Fsp3) is 0.235. The Bertz CT molecular complexity index is 715. The number of aryl methyl sites for hydroxylation is 1. The first-order chi connectivity index (χ1) is 10.5. The number of nitrogens with two attached hydrogens (primary N) is 1. The number of amides is 1. The van der Waals surface area contributed by atoms with Gasteiger partial charge in [0, 0.05) is 5.69 Å². The molecular weight excluding hydrogens is 319 g/mol. The van der Waals surface area contributed by atoms with Crippen molar-refractivity contribution >= 4 is 34.8 Å². The van der Waals surface area contributed by atoms with Crippen LogP contribution in [0.25, 0.3) is 0 Å². The lowest BCUT2D eigenvalue weighted by Crippen LogP contribution is -2.63. The SMILES string of the molecule is CCc1ccc([C@@H]2[C@H](N)C(=O)N2c2ccc(Cl)c(Cl)c2)cc1. The molecule has 1 aliphatic heterocycles. The summed E-state index contributed by atoms with van der Waals surface area (Å²) in [6, 6.07) is 12.7. The Balaban J connectivity index is 1.95.